The maximum absolute atomic E-state index is 12.7. The van der Waals surface area contributed by atoms with Crippen LogP contribution in [0.1, 0.15) is 44.7 Å². The molecular weight excluding hydrogens is 236 g/mol. The van der Waals surface area contributed by atoms with Crippen LogP contribution in [0.2, 0.25) is 0 Å². The van der Waals surface area contributed by atoms with E-state index in [1.54, 1.807) is 7.11 Å². The highest BCUT2D eigenvalue weighted by Crippen LogP contribution is 2.53. The zero-order valence-corrected chi connectivity index (χ0v) is 12.2. The number of carbonyl (C=O) groups excluding carboxylic acids is 1. The number of benzene rings is 1. The molecule has 0 radical (unpaired) electrons. The van der Waals surface area contributed by atoms with E-state index in [0.717, 1.165) is 25.0 Å². The summed E-state index contributed by atoms with van der Waals surface area (Å²) >= 11 is 0. The normalized spacial score (nSPS) is 31.8. The molecular formula is C17H22O2. The number of carbonyl (C=O) groups is 1. The van der Waals surface area contributed by atoms with Crippen molar-refractivity contribution in [2.24, 2.45) is 11.3 Å². The van der Waals surface area contributed by atoms with Crippen LogP contribution in [-0.2, 0) is 16.6 Å². The van der Waals surface area contributed by atoms with Crippen molar-refractivity contribution in [3.8, 4) is 5.75 Å². The molecule has 0 heterocycles. The fraction of sp³-hybridized carbons (Fsp3) is 0.588. The zero-order chi connectivity index (χ0) is 13.8. The van der Waals surface area contributed by atoms with Crippen molar-refractivity contribution in [3.05, 3.63) is 29.3 Å². The van der Waals surface area contributed by atoms with E-state index >= 15 is 0 Å². The lowest BCUT2D eigenvalue weighted by atomic mass is 9.53. The minimum absolute atomic E-state index is 0.203. The Morgan fingerprint density at radius 2 is 2.00 bits per heavy atom. The molecule has 102 valence electrons. The van der Waals surface area contributed by atoms with Crippen LogP contribution < -0.4 is 4.74 Å². The first-order valence-electron chi connectivity index (χ1n) is 7.07. The lowest BCUT2D eigenvalue weighted by Gasteiger charge is -2.49. The summed E-state index contributed by atoms with van der Waals surface area (Å²) in [5.41, 5.74) is 2.45. The van der Waals surface area contributed by atoms with Crippen LogP contribution in [0.4, 0.5) is 0 Å². The molecule has 0 aliphatic heterocycles. The summed E-state index contributed by atoms with van der Waals surface area (Å²) < 4.78 is 5.34. The molecule has 0 amide bonds. The first-order valence-corrected chi connectivity index (χ1v) is 7.07. The van der Waals surface area contributed by atoms with Gasteiger partial charge in [0, 0.05) is 5.92 Å². The number of hydrogen-bond donors (Lipinski definition) is 0. The number of ether oxygens (including phenoxy) is 1. The van der Waals surface area contributed by atoms with Gasteiger partial charge in [-0.1, -0.05) is 19.9 Å². The molecule has 0 N–H and O–H groups in total. The molecule has 1 saturated carbocycles. The molecule has 2 bridgehead atoms. The summed E-state index contributed by atoms with van der Waals surface area (Å²) in [4.78, 5) is 12.7. The summed E-state index contributed by atoms with van der Waals surface area (Å²) in [6.07, 6.45) is 2.86. The standard InChI is InChI=1S/C17H22O2/c1-16(2)9-12-7-11-5-6-13(19-4)8-14(11)17(3,10-16)15(12)18/h5-6,8,12H,7,9-10H2,1-4H3. The van der Waals surface area contributed by atoms with Crippen molar-refractivity contribution in [1.29, 1.82) is 0 Å². The van der Waals surface area contributed by atoms with E-state index in [0.29, 0.717) is 5.78 Å². The average molecular weight is 258 g/mol. The van der Waals surface area contributed by atoms with E-state index in [4.69, 9.17) is 4.74 Å². The molecule has 0 saturated heterocycles. The van der Waals surface area contributed by atoms with Gasteiger partial charge in [-0.25, -0.2) is 0 Å². The van der Waals surface area contributed by atoms with Crippen LogP contribution >= 0.6 is 0 Å². The van der Waals surface area contributed by atoms with Crippen LogP contribution in [0.5, 0.6) is 5.75 Å². The molecule has 0 spiro atoms. The number of methoxy groups -OCH3 is 1. The van der Waals surface area contributed by atoms with Gasteiger partial charge in [-0.3, -0.25) is 4.79 Å². The molecule has 2 nitrogen and oxygen atoms in total. The summed E-state index contributed by atoms with van der Waals surface area (Å²) in [5, 5.41) is 0. The van der Waals surface area contributed by atoms with E-state index in [9.17, 15) is 4.79 Å². The van der Waals surface area contributed by atoms with Crippen molar-refractivity contribution < 1.29 is 9.53 Å². The molecule has 1 aromatic carbocycles. The second kappa shape index (κ2) is 3.84. The van der Waals surface area contributed by atoms with Gasteiger partial charge in [0.2, 0.25) is 0 Å². The highest BCUT2D eigenvalue weighted by molar-refractivity contribution is 5.95. The van der Waals surface area contributed by atoms with E-state index in [1.807, 2.05) is 6.07 Å². The topological polar surface area (TPSA) is 26.3 Å². The molecule has 3 rings (SSSR count). The highest BCUT2D eigenvalue weighted by Gasteiger charge is 2.52. The van der Waals surface area contributed by atoms with Crippen LogP contribution in [0.15, 0.2) is 18.2 Å². The number of Topliss-reactive ketones (excluding diaryl/α,β-unsaturated/α-hetero) is 1. The van der Waals surface area contributed by atoms with Gasteiger partial charge in [-0.15, -0.1) is 0 Å². The molecule has 1 aromatic rings. The summed E-state index contributed by atoms with van der Waals surface area (Å²) in [7, 11) is 1.68. The first-order chi connectivity index (χ1) is 8.86. The van der Waals surface area contributed by atoms with Gasteiger partial charge >= 0.3 is 0 Å². The third kappa shape index (κ3) is 1.80. The molecule has 2 aliphatic carbocycles. The maximum atomic E-state index is 12.7. The van der Waals surface area contributed by atoms with Crippen molar-refractivity contribution in [2.75, 3.05) is 7.11 Å². The predicted octanol–water partition coefficient (Wildman–Crippen LogP) is 3.51. The predicted molar refractivity (Wildman–Crippen MR) is 75.6 cm³/mol. The monoisotopic (exact) mass is 258 g/mol. The van der Waals surface area contributed by atoms with E-state index in [2.05, 4.69) is 32.9 Å². The van der Waals surface area contributed by atoms with E-state index in [-0.39, 0.29) is 16.7 Å². The van der Waals surface area contributed by atoms with E-state index < -0.39 is 0 Å². The summed E-state index contributed by atoms with van der Waals surface area (Å²) in [5.74, 6) is 1.50. The molecule has 2 unspecified atom stereocenters. The van der Waals surface area contributed by atoms with Crippen LogP contribution in [0.25, 0.3) is 0 Å². The smallest absolute Gasteiger partial charge is 0.146 e. The summed E-state index contributed by atoms with van der Waals surface area (Å²) in [6, 6.07) is 6.23. The Balaban J connectivity index is 2.17. The Morgan fingerprint density at radius 3 is 2.68 bits per heavy atom. The van der Waals surface area contributed by atoms with Crippen LogP contribution in [0.3, 0.4) is 0 Å². The Kier molecular flexibility index (Phi) is 2.57. The number of rotatable bonds is 1. The Hall–Kier alpha value is -1.31. The molecule has 1 fully saturated rings. The van der Waals surface area contributed by atoms with Gasteiger partial charge in [-0.2, -0.15) is 0 Å². The highest BCUT2D eigenvalue weighted by atomic mass is 16.5. The molecule has 0 aromatic heterocycles. The molecule has 2 atom stereocenters. The Morgan fingerprint density at radius 1 is 1.26 bits per heavy atom. The second-order valence-corrected chi connectivity index (χ2v) is 7.17. The lowest BCUT2D eigenvalue weighted by molar-refractivity contribution is -0.135. The van der Waals surface area contributed by atoms with Crippen LogP contribution in [-0.4, -0.2) is 12.9 Å². The average Bonchev–Trinajstić information content (AvgIpc) is 2.33. The summed E-state index contributed by atoms with van der Waals surface area (Å²) in [6.45, 7) is 6.70. The number of hydrogen-bond acceptors (Lipinski definition) is 2. The number of ketones is 1. The van der Waals surface area contributed by atoms with Crippen molar-refractivity contribution in [1.82, 2.24) is 0 Å². The minimum atomic E-state index is -0.325. The van der Waals surface area contributed by atoms with Crippen molar-refractivity contribution >= 4 is 5.78 Å². The zero-order valence-electron chi connectivity index (χ0n) is 12.2. The SMILES string of the molecule is COc1ccc2c(c1)C1(C)CC(C)(C)CC(C2)C1=O. The second-order valence-electron chi connectivity index (χ2n) is 7.17. The van der Waals surface area contributed by atoms with E-state index in [1.165, 1.54) is 11.1 Å². The third-order valence-electron chi connectivity index (χ3n) is 4.92. The largest absolute Gasteiger partial charge is 0.497 e. The minimum Gasteiger partial charge on any atom is -0.497 e. The van der Waals surface area contributed by atoms with Gasteiger partial charge in [-0.05, 0) is 54.9 Å². The third-order valence-corrected chi connectivity index (χ3v) is 4.92. The van der Waals surface area contributed by atoms with Crippen LogP contribution in [0, 0.1) is 11.3 Å². The molecule has 19 heavy (non-hydrogen) atoms. The van der Waals surface area contributed by atoms with Crippen molar-refractivity contribution in [3.63, 3.8) is 0 Å². The Bertz CT molecular complexity index is 544. The van der Waals surface area contributed by atoms with Gasteiger partial charge in [0.1, 0.15) is 11.5 Å². The molecule has 2 heteroatoms. The first kappa shape index (κ1) is 12.7. The van der Waals surface area contributed by atoms with Gasteiger partial charge in [0.05, 0.1) is 12.5 Å². The van der Waals surface area contributed by atoms with Crippen molar-refractivity contribution in [2.45, 2.75) is 45.4 Å². The van der Waals surface area contributed by atoms with Gasteiger partial charge < -0.3 is 4.74 Å². The number of fused-ring (bicyclic) bond motifs is 4. The Labute approximate surface area is 115 Å². The molecule has 2 aliphatic rings. The quantitative estimate of drug-likeness (QED) is 0.770. The fourth-order valence-electron chi connectivity index (χ4n) is 4.36. The van der Waals surface area contributed by atoms with Gasteiger partial charge in [0.15, 0.2) is 0 Å². The maximum Gasteiger partial charge on any atom is 0.146 e. The fourth-order valence-corrected chi connectivity index (χ4v) is 4.36. The lowest BCUT2D eigenvalue weighted by Crippen LogP contribution is -2.51. The van der Waals surface area contributed by atoms with Gasteiger partial charge in [0.25, 0.3) is 0 Å².